The second-order valence-electron chi connectivity index (χ2n) is 7.34. The van der Waals surface area contributed by atoms with Crippen molar-refractivity contribution in [3.63, 3.8) is 0 Å². The van der Waals surface area contributed by atoms with Gasteiger partial charge in [0.15, 0.2) is 0 Å². The van der Waals surface area contributed by atoms with Crippen LogP contribution in [0.2, 0.25) is 0 Å². The summed E-state index contributed by atoms with van der Waals surface area (Å²) in [7, 11) is 0. The Balaban J connectivity index is 1.19. The molecule has 2 aliphatic rings. The molecular weight excluding hydrogens is 340 g/mol. The van der Waals surface area contributed by atoms with E-state index in [2.05, 4.69) is 39.0 Å². The molecule has 0 bridgehead atoms. The lowest BCUT2D eigenvalue weighted by Gasteiger charge is -2.38. The number of benzene rings is 1. The van der Waals surface area contributed by atoms with E-state index in [-0.39, 0.29) is 5.91 Å². The molecule has 1 aromatic carbocycles. The fourth-order valence-electron chi connectivity index (χ4n) is 3.87. The third-order valence-electron chi connectivity index (χ3n) is 5.54. The minimum atomic E-state index is 0.266. The van der Waals surface area contributed by atoms with Crippen molar-refractivity contribution in [1.29, 1.82) is 0 Å². The van der Waals surface area contributed by atoms with E-state index in [0.29, 0.717) is 6.54 Å². The minimum absolute atomic E-state index is 0.266. The van der Waals surface area contributed by atoms with Gasteiger partial charge in [0.05, 0.1) is 19.4 Å². The first kappa shape index (κ1) is 18.1. The molecule has 1 amide bonds. The van der Waals surface area contributed by atoms with Gasteiger partial charge in [-0.2, -0.15) is 0 Å². The van der Waals surface area contributed by atoms with Crippen molar-refractivity contribution in [2.24, 2.45) is 0 Å². The van der Waals surface area contributed by atoms with Crippen molar-refractivity contribution in [1.82, 2.24) is 14.7 Å². The van der Waals surface area contributed by atoms with E-state index in [9.17, 15) is 4.79 Å². The lowest BCUT2D eigenvalue weighted by molar-refractivity contribution is -0.133. The van der Waals surface area contributed by atoms with Gasteiger partial charge in [-0.3, -0.25) is 14.6 Å². The van der Waals surface area contributed by atoms with Gasteiger partial charge in [-0.1, -0.05) is 18.2 Å². The molecule has 3 heterocycles. The summed E-state index contributed by atoms with van der Waals surface area (Å²) < 4.78 is 5.43. The SMILES string of the molecule is O=C(CN1CCN(Cc2ccco2)CC1)N1CCN(c2ccccc2)CC1. The maximum absolute atomic E-state index is 12.7. The summed E-state index contributed by atoms with van der Waals surface area (Å²) in [6.45, 7) is 8.69. The summed E-state index contributed by atoms with van der Waals surface area (Å²) in [5.41, 5.74) is 1.25. The van der Waals surface area contributed by atoms with E-state index < -0.39 is 0 Å². The lowest BCUT2D eigenvalue weighted by atomic mass is 10.2. The summed E-state index contributed by atoms with van der Waals surface area (Å²) >= 11 is 0. The normalized spacial score (nSPS) is 19.4. The van der Waals surface area contributed by atoms with Crippen LogP contribution in [0.5, 0.6) is 0 Å². The van der Waals surface area contributed by atoms with E-state index in [1.807, 2.05) is 23.1 Å². The average molecular weight is 368 g/mol. The highest BCUT2D eigenvalue weighted by molar-refractivity contribution is 5.78. The smallest absolute Gasteiger partial charge is 0.236 e. The summed E-state index contributed by atoms with van der Waals surface area (Å²) in [6, 6.07) is 14.4. The van der Waals surface area contributed by atoms with Crippen LogP contribution in [-0.4, -0.2) is 79.5 Å². The zero-order chi connectivity index (χ0) is 18.5. The summed E-state index contributed by atoms with van der Waals surface area (Å²) in [4.78, 5) is 21.7. The van der Waals surface area contributed by atoms with Gasteiger partial charge in [-0.15, -0.1) is 0 Å². The number of nitrogens with zero attached hydrogens (tertiary/aromatic N) is 4. The average Bonchev–Trinajstić information content (AvgIpc) is 3.23. The molecule has 0 saturated carbocycles. The monoisotopic (exact) mass is 368 g/mol. The Morgan fingerprint density at radius 1 is 0.815 bits per heavy atom. The molecule has 144 valence electrons. The van der Waals surface area contributed by atoms with Crippen LogP contribution in [-0.2, 0) is 11.3 Å². The van der Waals surface area contributed by atoms with E-state index in [0.717, 1.165) is 64.7 Å². The quantitative estimate of drug-likeness (QED) is 0.804. The van der Waals surface area contributed by atoms with Crippen molar-refractivity contribution in [3.8, 4) is 0 Å². The van der Waals surface area contributed by atoms with E-state index >= 15 is 0 Å². The molecule has 6 nitrogen and oxygen atoms in total. The van der Waals surface area contributed by atoms with Gasteiger partial charge in [-0.25, -0.2) is 0 Å². The molecule has 27 heavy (non-hydrogen) atoms. The molecule has 2 aliphatic heterocycles. The first-order valence-electron chi connectivity index (χ1n) is 9.83. The molecule has 0 aliphatic carbocycles. The molecule has 0 spiro atoms. The predicted octanol–water partition coefficient (Wildman–Crippen LogP) is 1.75. The van der Waals surface area contributed by atoms with Crippen LogP contribution < -0.4 is 4.90 Å². The molecule has 0 radical (unpaired) electrons. The van der Waals surface area contributed by atoms with Gasteiger partial charge in [0.25, 0.3) is 0 Å². The topological polar surface area (TPSA) is 43.2 Å². The van der Waals surface area contributed by atoms with Crippen LogP contribution in [0.15, 0.2) is 53.1 Å². The van der Waals surface area contributed by atoms with Crippen LogP contribution in [0.25, 0.3) is 0 Å². The number of furan rings is 1. The molecule has 4 rings (SSSR count). The number of piperazine rings is 2. The van der Waals surface area contributed by atoms with Crippen LogP contribution >= 0.6 is 0 Å². The highest BCUT2D eigenvalue weighted by Crippen LogP contribution is 2.16. The van der Waals surface area contributed by atoms with Crippen LogP contribution in [0.3, 0.4) is 0 Å². The van der Waals surface area contributed by atoms with Crippen molar-refractivity contribution in [2.45, 2.75) is 6.54 Å². The first-order valence-corrected chi connectivity index (χ1v) is 9.83. The van der Waals surface area contributed by atoms with Gasteiger partial charge < -0.3 is 14.2 Å². The van der Waals surface area contributed by atoms with Gasteiger partial charge in [-0.05, 0) is 24.3 Å². The Kier molecular flexibility index (Phi) is 5.75. The molecule has 6 heteroatoms. The number of hydrogen-bond donors (Lipinski definition) is 0. The van der Waals surface area contributed by atoms with Crippen molar-refractivity contribution >= 4 is 11.6 Å². The Labute approximate surface area is 160 Å². The molecule has 0 atom stereocenters. The van der Waals surface area contributed by atoms with Crippen LogP contribution in [0.1, 0.15) is 5.76 Å². The Morgan fingerprint density at radius 3 is 2.19 bits per heavy atom. The van der Waals surface area contributed by atoms with E-state index in [1.165, 1.54) is 5.69 Å². The van der Waals surface area contributed by atoms with Gasteiger partial charge in [0.1, 0.15) is 5.76 Å². The predicted molar refractivity (Wildman–Crippen MR) is 106 cm³/mol. The number of carbonyl (C=O) groups is 1. The van der Waals surface area contributed by atoms with Crippen LogP contribution in [0, 0.1) is 0 Å². The maximum Gasteiger partial charge on any atom is 0.236 e. The zero-order valence-electron chi connectivity index (χ0n) is 15.8. The number of anilines is 1. The Bertz CT molecular complexity index is 703. The molecule has 2 aromatic rings. The molecule has 1 aromatic heterocycles. The Morgan fingerprint density at radius 2 is 1.52 bits per heavy atom. The summed E-state index contributed by atoms with van der Waals surface area (Å²) in [6.07, 6.45) is 1.72. The van der Waals surface area contributed by atoms with E-state index in [1.54, 1.807) is 6.26 Å². The van der Waals surface area contributed by atoms with Gasteiger partial charge >= 0.3 is 0 Å². The molecule has 0 N–H and O–H groups in total. The third kappa shape index (κ3) is 4.70. The fourth-order valence-corrected chi connectivity index (χ4v) is 3.87. The van der Waals surface area contributed by atoms with Crippen molar-refractivity contribution < 1.29 is 9.21 Å². The number of para-hydroxylation sites is 1. The second-order valence-corrected chi connectivity index (χ2v) is 7.34. The maximum atomic E-state index is 12.7. The molecular formula is C21H28N4O2. The fraction of sp³-hybridized carbons (Fsp3) is 0.476. The Hall–Kier alpha value is -2.31. The zero-order valence-corrected chi connectivity index (χ0v) is 15.8. The van der Waals surface area contributed by atoms with Gasteiger partial charge in [0.2, 0.25) is 5.91 Å². The largest absolute Gasteiger partial charge is 0.468 e. The third-order valence-corrected chi connectivity index (χ3v) is 5.54. The highest BCUT2D eigenvalue weighted by atomic mass is 16.3. The molecule has 0 unspecified atom stereocenters. The highest BCUT2D eigenvalue weighted by Gasteiger charge is 2.25. The van der Waals surface area contributed by atoms with Crippen LogP contribution in [0.4, 0.5) is 5.69 Å². The standard InChI is InChI=1S/C21H28N4O2/c26-21(25-14-12-24(13-15-25)19-5-2-1-3-6-19)18-23-10-8-22(9-11-23)17-20-7-4-16-27-20/h1-7,16H,8-15,17-18H2. The number of rotatable bonds is 5. The number of carbonyl (C=O) groups excluding carboxylic acids is 1. The summed E-state index contributed by atoms with van der Waals surface area (Å²) in [5.74, 6) is 1.28. The molecule has 2 fully saturated rings. The molecule has 2 saturated heterocycles. The van der Waals surface area contributed by atoms with E-state index in [4.69, 9.17) is 4.42 Å². The lowest BCUT2D eigenvalue weighted by Crippen LogP contribution is -2.53. The number of hydrogen-bond acceptors (Lipinski definition) is 5. The summed E-state index contributed by atoms with van der Waals surface area (Å²) in [5, 5.41) is 0. The second kappa shape index (κ2) is 8.59. The van der Waals surface area contributed by atoms with Crippen molar-refractivity contribution in [2.75, 3.05) is 63.8 Å². The minimum Gasteiger partial charge on any atom is -0.468 e. The van der Waals surface area contributed by atoms with Crippen molar-refractivity contribution in [3.05, 3.63) is 54.5 Å². The first-order chi connectivity index (χ1) is 13.3. The van der Waals surface area contributed by atoms with Gasteiger partial charge in [0, 0.05) is 58.0 Å². The number of amides is 1.